The van der Waals surface area contributed by atoms with E-state index in [1.807, 2.05) is 19.6 Å². The van der Waals surface area contributed by atoms with Crippen LogP contribution in [0, 0.1) is 0 Å². The Hall–Kier alpha value is -0.790. The van der Waals surface area contributed by atoms with Crippen molar-refractivity contribution in [3.63, 3.8) is 0 Å². The van der Waals surface area contributed by atoms with Gasteiger partial charge in [-0.05, 0) is 6.42 Å². The van der Waals surface area contributed by atoms with Gasteiger partial charge in [-0.1, -0.05) is 6.08 Å². The van der Waals surface area contributed by atoms with Crippen LogP contribution in [0.15, 0.2) is 17.3 Å². The highest BCUT2D eigenvalue weighted by Gasteiger charge is 1.89. The zero-order chi connectivity index (χ0) is 5.82. The topological polar surface area (TPSA) is 15.6 Å². The second kappa shape index (κ2) is 2.50. The zero-order valence-electron chi connectivity index (χ0n) is 5.04. The molecule has 0 aliphatic carbocycles. The first-order chi connectivity index (χ1) is 3.89. The predicted octanol–water partition coefficient (Wildman–Crippen LogP) is 0.864. The standard InChI is InChI=1S/C6H10N2/c1-8-5-3-2-4-7-6-8/h2,4,6H,3,5H2,1H3. The molecule has 44 valence electrons. The summed E-state index contributed by atoms with van der Waals surface area (Å²) >= 11 is 0. The Labute approximate surface area is 49.5 Å². The SMILES string of the molecule is CN1C=NC=CCC1. The summed E-state index contributed by atoms with van der Waals surface area (Å²) in [5.41, 5.74) is 0. The van der Waals surface area contributed by atoms with Crippen LogP contribution in [0.3, 0.4) is 0 Å². The maximum atomic E-state index is 3.97. The van der Waals surface area contributed by atoms with Crippen molar-refractivity contribution < 1.29 is 0 Å². The van der Waals surface area contributed by atoms with Gasteiger partial charge in [0.1, 0.15) is 0 Å². The third-order valence-corrected chi connectivity index (χ3v) is 1.10. The van der Waals surface area contributed by atoms with Crippen LogP contribution in [0.5, 0.6) is 0 Å². The largest absolute Gasteiger partial charge is 0.365 e. The van der Waals surface area contributed by atoms with Gasteiger partial charge in [0.15, 0.2) is 0 Å². The van der Waals surface area contributed by atoms with Crippen molar-refractivity contribution in [2.45, 2.75) is 6.42 Å². The fraction of sp³-hybridized carbons (Fsp3) is 0.500. The smallest absolute Gasteiger partial charge is 0.0902 e. The average Bonchev–Trinajstić information content (AvgIpc) is 1.94. The van der Waals surface area contributed by atoms with Crippen molar-refractivity contribution in [1.29, 1.82) is 0 Å². The zero-order valence-corrected chi connectivity index (χ0v) is 5.04. The Balaban J connectivity index is 2.46. The van der Waals surface area contributed by atoms with E-state index in [-0.39, 0.29) is 0 Å². The summed E-state index contributed by atoms with van der Waals surface area (Å²) in [6, 6.07) is 0. The second-order valence-electron chi connectivity index (χ2n) is 1.92. The summed E-state index contributed by atoms with van der Waals surface area (Å²) in [5.74, 6) is 0. The first-order valence-corrected chi connectivity index (χ1v) is 2.78. The summed E-state index contributed by atoms with van der Waals surface area (Å²) in [6.45, 7) is 1.08. The lowest BCUT2D eigenvalue weighted by atomic mass is 10.4. The number of nitrogens with zero attached hydrogens (tertiary/aromatic N) is 2. The third-order valence-electron chi connectivity index (χ3n) is 1.10. The average molecular weight is 110 g/mol. The predicted molar refractivity (Wildman–Crippen MR) is 34.9 cm³/mol. The molecule has 1 rings (SSSR count). The van der Waals surface area contributed by atoms with Gasteiger partial charge in [0.05, 0.1) is 6.34 Å². The molecule has 0 aromatic carbocycles. The molecule has 0 spiro atoms. The molecule has 0 bridgehead atoms. The van der Waals surface area contributed by atoms with Crippen LogP contribution in [0.1, 0.15) is 6.42 Å². The van der Waals surface area contributed by atoms with Gasteiger partial charge < -0.3 is 4.90 Å². The first-order valence-electron chi connectivity index (χ1n) is 2.78. The molecular formula is C6H10N2. The summed E-state index contributed by atoms with van der Waals surface area (Å²) in [7, 11) is 2.02. The highest BCUT2D eigenvalue weighted by molar-refractivity contribution is 5.55. The van der Waals surface area contributed by atoms with Crippen LogP contribution < -0.4 is 0 Å². The molecule has 2 heteroatoms. The highest BCUT2D eigenvalue weighted by atomic mass is 15.1. The number of hydrogen-bond donors (Lipinski definition) is 0. The van der Waals surface area contributed by atoms with Crippen LogP contribution in [0.4, 0.5) is 0 Å². The molecule has 0 saturated heterocycles. The first kappa shape index (κ1) is 5.35. The third kappa shape index (κ3) is 1.37. The van der Waals surface area contributed by atoms with Gasteiger partial charge in [-0.3, -0.25) is 0 Å². The molecule has 0 amide bonds. The molecule has 0 atom stereocenters. The van der Waals surface area contributed by atoms with Gasteiger partial charge in [-0.2, -0.15) is 0 Å². The van der Waals surface area contributed by atoms with E-state index in [9.17, 15) is 0 Å². The lowest BCUT2D eigenvalue weighted by Gasteiger charge is -2.07. The van der Waals surface area contributed by atoms with E-state index >= 15 is 0 Å². The minimum Gasteiger partial charge on any atom is -0.365 e. The molecule has 1 aliphatic rings. The van der Waals surface area contributed by atoms with Gasteiger partial charge in [-0.15, -0.1) is 0 Å². The summed E-state index contributed by atoms with van der Waals surface area (Å²) < 4.78 is 0. The number of hydrogen-bond acceptors (Lipinski definition) is 2. The molecule has 0 fully saturated rings. The van der Waals surface area contributed by atoms with Crippen LogP contribution in [0.2, 0.25) is 0 Å². The van der Waals surface area contributed by atoms with Crippen molar-refractivity contribution in [3.8, 4) is 0 Å². The van der Waals surface area contributed by atoms with E-state index in [0.29, 0.717) is 0 Å². The molecule has 0 radical (unpaired) electrons. The monoisotopic (exact) mass is 110 g/mol. The maximum Gasteiger partial charge on any atom is 0.0902 e. The van der Waals surface area contributed by atoms with Crippen LogP contribution in [-0.2, 0) is 0 Å². The molecule has 0 saturated carbocycles. The van der Waals surface area contributed by atoms with E-state index in [1.54, 1.807) is 0 Å². The normalized spacial score (nSPS) is 18.9. The Bertz CT molecular complexity index is 116. The van der Waals surface area contributed by atoms with E-state index in [4.69, 9.17) is 0 Å². The summed E-state index contributed by atoms with van der Waals surface area (Å²) in [5, 5.41) is 0. The van der Waals surface area contributed by atoms with Gasteiger partial charge in [0.25, 0.3) is 0 Å². The van der Waals surface area contributed by atoms with Crippen molar-refractivity contribution in [3.05, 3.63) is 12.3 Å². The Kier molecular flexibility index (Phi) is 1.67. The Morgan fingerprint density at radius 1 is 1.62 bits per heavy atom. The minimum absolute atomic E-state index is 1.08. The quantitative estimate of drug-likeness (QED) is 0.451. The fourth-order valence-corrected chi connectivity index (χ4v) is 0.624. The second-order valence-corrected chi connectivity index (χ2v) is 1.92. The Morgan fingerprint density at radius 2 is 2.50 bits per heavy atom. The van der Waals surface area contributed by atoms with Gasteiger partial charge in [-0.25, -0.2) is 4.99 Å². The minimum atomic E-state index is 1.08. The van der Waals surface area contributed by atoms with Crippen LogP contribution in [-0.4, -0.2) is 24.8 Å². The molecule has 2 nitrogen and oxygen atoms in total. The molecule has 1 aliphatic heterocycles. The van der Waals surface area contributed by atoms with E-state index in [1.165, 1.54) is 0 Å². The molecule has 0 unspecified atom stereocenters. The summed E-state index contributed by atoms with van der Waals surface area (Å²) in [4.78, 5) is 6.04. The molecule has 8 heavy (non-hydrogen) atoms. The lowest BCUT2D eigenvalue weighted by molar-refractivity contribution is 0.532. The van der Waals surface area contributed by atoms with Crippen LogP contribution in [0.25, 0.3) is 0 Å². The maximum absolute atomic E-state index is 3.97. The lowest BCUT2D eigenvalue weighted by Crippen LogP contribution is -2.15. The highest BCUT2D eigenvalue weighted by Crippen LogP contribution is 1.91. The van der Waals surface area contributed by atoms with Gasteiger partial charge >= 0.3 is 0 Å². The van der Waals surface area contributed by atoms with E-state index in [2.05, 4.69) is 16.0 Å². The molecule has 0 aromatic heterocycles. The van der Waals surface area contributed by atoms with Crippen LogP contribution >= 0.6 is 0 Å². The molecular weight excluding hydrogens is 100 g/mol. The van der Waals surface area contributed by atoms with E-state index < -0.39 is 0 Å². The van der Waals surface area contributed by atoms with Gasteiger partial charge in [0, 0.05) is 19.8 Å². The molecule has 0 N–H and O–H groups in total. The number of aliphatic imine (C=N–C) groups is 1. The van der Waals surface area contributed by atoms with Crippen molar-refractivity contribution in [2.24, 2.45) is 4.99 Å². The molecule has 0 aromatic rings. The summed E-state index contributed by atoms with van der Waals surface area (Å²) in [6.07, 6.45) is 6.85. The van der Waals surface area contributed by atoms with Crippen molar-refractivity contribution in [2.75, 3.05) is 13.6 Å². The number of rotatable bonds is 0. The Morgan fingerprint density at radius 3 is 3.38 bits per heavy atom. The van der Waals surface area contributed by atoms with Gasteiger partial charge in [0.2, 0.25) is 0 Å². The van der Waals surface area contributed by atoms with E-state index in [0.717, 1.165) is 13.0 Å². The van der Waals surface area contributed by atoms with Crippen molar-refractivity contribution >= 4 is 6.34 Å². The molecule has 1 heterocycles. The van der Waals surface area contributed by atoms with Crippen molar-refractivity contribution in [1.82, 2.24) is 4.90 Å². The fourth-order valence-electron chi connectivity index (χ4n) is 0.624.